The van der Waals surface area contributed by atoms with E-state index >= 15 is 0 Å². The molecule has 6 atom stereocenters. The average Bonchev–Trinajstić information content (AvgIpc) is 4.12. The minimum atomic E-state index is -4.97. The van der Waals surface area contributed by atoms with E-state index in [0.29, 0.717) is 75.9 Å². The van der Waals surface area contributed by atoms with Gasteiger partial charge in [0.25, 0.3) is 0 Å². The Morgan fingerprint density at radius 1 is 0.600 bits per heavy atom. The number of carbonyl (C=O) groups excluding carboxylic acids is 2. The second-order valence-electron chi connectivity index (χ2n) is 20.5. The molecule has 0 bridgehead atoms. The first-order chi connectivity index (χ1) is 34.7. The Hall–Kier alpha value is -5.42. The van der Waals surface area contributed by atoms with E-state index in [1.807, 2.05) is 60.7 Å². The van der Waals surface area contributed by atoms with E-state index in [-0.39, 0.29) is 54.5 Å². The zero-order valence-corrected chi connectivity index (χ0v) is 41.8. The van der Waals surface area contributed by atoms with Crippen molar-refractivity contribution in [2.24, 2.45) is 5.73 Å². The molecular formula is C53H61F12N5O5. The zero-order valence-electron chi connectivity index (χ0n) is 41.8. The van der Waals surface area contributed by atoms with Gasteiger partial charge in [0.1, 0.15) is 11.1 Å². The normalized spacial score (nSPS) is 23.0. The quantitative estimate of drug-likeness (QED) is 0.0836. The van der Waals surface area contributed by atoms with Crippen LogP contribution in [0, 0.1) is 0 Å². The first-order valence-electron chi connectivity index (χ1n) is 24.2. The number of nitrogens with one attached hydrogen (secondary N) is 4. The molecule has 4 aromatic carbocycles. The summed E-state index contributed by atoms with van der Waals surface area (Å²) in [6, 6.07) is 21.2. The summed E-state index contributed by atoms with van der Waals surface area (Å²) in [4.78, 5) is 25.4. The zero-order chi connectivity index (χ0) is 55.4. The Morgan fingerprint density at radius 3 is 1.31 bits per heavy atom. The summed E-state index contributed by atoms with van der Waals surface area (Å²) in [5, 5.41) is 12.4. The first-order valence-corrected chi connectivity index (χ1v) is 24.2. The number of nitrogens with two attached hydrogens (primary N) is 1. The Kier molecular flexibility index (Phi) is 17.8. The van der Waals surface area contributed by atoms with Crippen LogP contribution >= 0.6 is 0 Å². The number of amides is 2. The Morgan fingerprint density at radius 2 is 0.987 bits per heavy atom. The highest BCUT2D eigenvalue weighted by molar-refractivity contribution is 5.93. The van der Waals surface area contributed by atoms with Crippen LogP contribution in [0.15, 0.2) is 97.1 Å². The van der Waals surface area contributed by atoms with Crippen LogP contribution < -0.4 is 27.0 Å². The van der Waals surface area contributed by atoms with Gasteiger partial charge in [-0.3, -0.25) is 4.79 Å². The van der Waals surface area contributed by atoms with Gasteiger partial charge in [-0.1, -0.05) is 60.7 Å². The predicted octanol–water partition coefficient (Wildman–Crippen LogP) is 12.0. The number of rotatable bonds is 13. The van der Waals surface area contributed by atoms with Gasteiger partial charge in [0.05, 0.1) is 58.8 Å². The van der Waals surface area contributed by atoms with E-state index in [9.17, 15) is 62.3 Å². The first kappa shape index (κ1) is 58.8. The summed E-state index contributed by atoms with van der Waals surface area (Å²) in [5.41, 5.74) is -1.41. The van der Waals surface area contributed by atoms with Gasteiger partial charge in [-0.05, 0) is 132 Å². The van der Waals surface area contributed by atoms with Crippen molar-refractivity contribution in [3.63, 3.8) is 0 Å². The molecule has 0 unspecified atom stereocenters. The molecule has 0 radical (unpaired) electrons. The summed E-state index contributed by atoms with van der Waals surface area (Å²) in [6.45, 7) is 8.88. The number of piperidine rings is 2. The van der Waals surface area contributed by atoms with E-state index in [1.54, 1.807) is 20.8 Å². The molecule has 4 aromatic rings. The molecule has 3 aliphatic rings. The van der Waals surface area contributed by atoms with Crippen molar-refractivity contribution in [3.05, 3.63) is 142 Å². The van der Waals surface area contributed by atoms with Crippen molar-refractivity contribution in [1.82, 2.24) is 21.3 Å². The third kappa shape index (κ3) is 15.6. The van der Waals surface area contributed by atoms with Crippen molar-refractivity contribution < 1.29 is 76.5 Å². The number of carbonyl (C=O) groups is 2. The van der Waals surface area contributed by atoms with Gasteiger partial charge in [0.2, 0.25) is 5.91 Å². The van der Waals surface area contributed by atoms with E-state index < -0.39 is 87.5 Å². The molecule has 1 aliphatic carbocycles. The molecule has 0 aromatic heterocycles. The molecule has 22 heteroatoms. The molecule has 2 heterocycles. The maximum Gasteiger partial charge on any atom is 0.416 e. The summed E-state index contributed by atoms with van der Waals surface area (Å²) >= 11 is 0. The monoisotopic (exact) mass is 1080 g/mol. The van der Waals surface area contributed by atoms with E-state index in [1.165, 1.54) is 13.8 Å². The van der Waals surface area contributed by atoms with Gasteiger partial charge in [0.15, 0.2) is 0 Å². The van der Waals surface area contributed by atoms with Gasteiger partial charge in [-0.25, -0.2) is 4.79 Å². The molecule has 1 saturated carbocycles. The lowest BCUT2D eigenvalue weighted by atomic mass is 9.81. The van der Waals surface area contributed by atoms with Gasteiger partial charge >= 0.3 is 30.8 Å². The summed E-state index contributed by atoms with van der Waals surface area (Å²) < 4.78 is 177. The maximum absolute atomic E-state index is 13.4. The molecule has 2 amide bonds. The van der Waals surface area contributed by atoms with Crippen molar-refractivity contribution in [1.29, 1.82) is 0 Å². The van der Waals surface area contributed by atoms with Crippen molar-refractivity contribution in [2.45, 2.75) is 144 Å². The van der Waals surface area contributed by atoms with Gasteiger partial charge in [0, 0.05) is 25.2 Å². The molecular weight excluding hydrogens is 1010 g/mol. The number of hydrogen-bond donors (Lipinski definition) is 5. The smallest absolute Gasteiger partial charge is 0.416 e. The number of ether oxygens (including phenoxy) is 3. The van der Waals surface area contributed by atoms with Crippen LogP contribution in [0.25, 0.3) is 0 Å². The highest BCUT2D eigenvalue weighted by Gasteiger charge is 2.53. The number of alkyl carbamates (subject to hydrolysis) is 1. The Bertz CT molecular complexity index is 2480. The molecule has 75 heavy (non-hydrogen) atoms. The summed E-state index contributed by atoms with van der Waals surface area (Å²) in [7, 11) is 0. The average molecular weight is 1080 g/mol. The van der Waals surface area contributed by atoms with Gasteiger partial charge < -0.3 is 41.2 Å². The molecule has 6 N–H and O–H groups in total. The fourth-order valence-electron chi connectivity index (χ4n) is 8.93. The van der Waals surface area contributed by atoms with E-state index in [2.05, 4.69) is 21.3 Å². The van der Waals surface area contributed by atoms with Crippen LogP contribution in [0.4, 0.5) is 57.5 Å². The standard InChI is InChI=1S/C31H37F6N3O4.C22H24F6N2O/c1-19(20-14-22(30(32,33)34)16-23(15-20)31(35,36)37)43-18-29(21-8-6-5-7-9-21)11-10-24(17-38-29)39-25(41)28(12-13-28)40-26(42)44-27(2,3)4;1-14(15-9-17(21(23,24)25)11-18(10-15)22(26,27)28)31-13-20(8-7-19(29)12-30-20)16-5-3-2-4-6-16/h5-9,14-16,19,24,38H,10-13,17-18H2,1-4H3,(H,39,41)(H,40,42);2-6,9-11,14,19,30H,7-8,12-13,29H2,1H3/t19-,24+,29-;14-,19+,20-/m11/s1. The second kappa shape index (κ2) is 22.7. The highest BCUT2D eigenvalue weighted by Crippen LogP contribution is 2.42. The van der Waals surface area contributed by atoms with Gasteiger partial charge in [-0.15, -0.1) is 0 Å². The topological polar surface area (TPSA) is 136 Å². The van der Waals surface area contributed by atoms with E-state index in [0.717, 1.165) is 11.1 Å². The molecule has 7 rings (SSSR count). The van der Waals surface area contributed by atoms with Crippen molar-refractivity contribution in [3.8, 4) is 0 Å². The number of halogens is 12. The molecule has 3 fully saturated rings. The van der Waals surface area contributed by atoms with Gasteiger partial charge in [-0.2, -0.15) is 52.7 Å². The van der Waals surface area contributed by atoms with Crippen molar-refractivity contribution >= 4 is 12.0 Å². The van der Waals surface area contributed by atoms with E-state index in [4.69, 9.17) is 19.9 Å². The lowest BCUT2D eigenvalue weighted by Crippen LogP contribution is -2.59. The van der Waals surface area contributed by atoms with Crippen molar-refractivity contribution in [2.75, 3.05) is 26.3 Å². The predicted molar refractivity (Wildman–Crippen MR) is 254 cm³/mol. The minimum Gasteiger partial charge on any atom is -0.444 e. The molecule has 2 aliphatic heterocycles. The molecule has 10 nitrogen and oxygen atoms in total. The Labute approximate surface area is 426 Å². The molecule has 2 saturated heterocycles. The third-order valence-electron chi connectivity index (χ3n) is 13.5. The number of alkyl halides is 12. The Balaban J connectivity index is 0.000000259. The molecule has 412 valence electrons. The van der Waals surface area contributed by atoms with Crippen LogP contribution in [0.2, 0.25) is 0 Å². The number of hydrogen-bond acceptors (Lipinski definition) is 8. The lowest BCUT2D eigenvalue weighted by molar-refractivity contribution is -0.145. The number of benzene rings is 4. The largest absolute Gasteiger partial charge is 0.444 e. The second-order valence-corrected chi connectivity index (χ2v) is 20.5. The van der Waals surface area contributed by atoms with Crippen LogP contribution in [0.1, 0.15) is 130 Å². The van der Waals surface area contributed by atoms with Crippen LogP contribution in [-0.4, -0.2) is 61.5 Å². The fourth-order valence-corrected chi connectivity index (χ4v) is 8.93. The molecule has 0 spiro atoms. The van der Waals surface area contributed by atoms with Crippen LogP contribution in [-0.2, 0) is 54.8 Å². The van der Waals surface area contributed by atoms with Crippen LogP contribution in [0.3, 0.4) is 0 Å². The van der Waals surface area contributed by atoms with Crippen LogP contribution in [0.5, 0.6) is 0 Å². The highest BCUT2D eigenvalue weighted by atomic mass is 19.4. The lowest BCUT2D eigenvalue weighted by Gasteiger charge is -2.42. The SMILES string of the molecule is C[C@@H](OC[C@@]1(c2ccccc2)CC[C@H](N)CN1)c1cc(C(F)(F)F)cc(C(F)(F)F)c1.C[C@@H](OC[C@@]1(c2ccccc2)CC[C@H](NC(=O)C2(NC(=O)OC(C)(C)C)CC2)CN1)c1cc(C(F)(F)F)cc(C(F)(F)F)c1. The fraction of sp³-hybridized carbons (Fsp3) is 0.509. The minimum absolute atomic E-state index is 0.0351. The maximum atomic E-state index is 13.4. The third-order valence-corrected chi connectivity index (χ3v) is 13.5. The summed E-state index contributed by atoms with van der Waals surface area (Å²) in [6.07, 6.45) is -19.3. The summed E-state index contributed by atoms with van der Waals surface area (Å²) in [5.74, 6) is -0.322.